The fourth-order valence-electron chi connectivity index (χ4n) is 4.45. The number of piperidine rings is 1. The molecule has 0 bridgehead atoms. The third kappa shape index (κ3) is 5.32. The summed E-state index contributed by atoms with van der Waals surface area (Å²) in [5.41, 5.74) is 1.13. The van der Waals surface area contributed by atoms with E-state index in [1.54, 1.807) is 10.6 Å². The molecule has 6 nitrogen and oxygen atoms in total. The summed E-state index contributed by atoms with van der Waals surface area (Å²) < 4.78 is 48.1. The molecule has 172 valence electrons. The zero-order valence-electron chi connectivity index (χ0n) is 18.2. The lowest BCUT2D eigenvalue weighted by atomic mass is 10.0. The number of pyridine rings is 1. The average Bonchev–Trinajstić information content (AvgIpc) is 3.00. The lowest BCUT2D eigenvalue weighted by molar-refractivity contribution is -0.137. The summed E-state index contributed by atoms with van der Waals surface area (Å²) in [6.07, 6.45) is 1.43. The molecule has 31 heavy (non-hydrogen) atoms. The van der Waals surface area contributed by atoms with E-state index < -0.39 is 11.7 Å². The minimum atomic E-state index is -4.40. The smallest absolute Gasteiger partial charge is 0.379 e. The number of aromatic nitrogens is 2. The lowest BCUT2D eigenvalue weighted by Crippen LogP contribution is -2.45. The number of ether oxygens (including phenoxy) is 1. The molecule has 2 aromatic rings. The summed E-state index contributed by atoms with van der Waals surface area (Å²) in [4.78, 5) is 6.82. The molecule has 2 aromatic heterocycles. The van der Waals surface area contributed by atoms with Crippen LogP contribution < -0.4 is 10.6 Å². The van der Waals surface area contributed by atoms with Gasteiger partial charge >= 0.3 is 6.18 Å². The van der Waals surface area contributed by atoms with E-state index >= 15 is 0 Å². The summed E-state index contributed by atoms with van der Waals surface area (Å²) in [5, 5.41) is 6.78. The second-order valence-electron chi connectivity index (χ2n) is 8.94. The van der Waals surface area contributed by atoms with Gasteiger partial charge in [0.25, 0.3) is 0 Å². The molecular formula is C22H32F3N5O. The molecule has 2 aliphatic rings. The SMILES string of the molecule is CC(C)c1cnc2c(NC3CCN(C[C@@H]4CNCCCO4)CC3)cc(C(F)(F)F)cn12. The van der Waals surface area contributed by atoms with Gasteiger partial charge in [-0.1, -0.05) is 13.8 Å². The van der Waals surface area contributed by atoms with E-state index in [1.165, 1.54) is 6.07 Å². The first-order valence-corrected chi connectivity index (χ1v) is 11.2. The van der Waals surface area contributed by atoms with E-state index in [0.717, 1.165) is 70.5 Å². The Hall–Kier alpha value is -1.84. The molecule has 0 aromatic carbocycles. The van der Waals surface area contributed by atoms with Crippen molar-refractivity contribution in [2.24, 2.45) is 0 Å². The van der Waals surface area contributed by atoms with Gasteiger partial charge < -0.3 is 24.7 Å². The number of halogens is 3. The van der Waals surface area contributed by atoms with Gasteiger partial charge in [-0.25, -0.2) is 4.98 Å². The number of nitrogens with one attached hydrogen (secondary N) is 2. The second kappa shape index (κ2) is 9.34. The van der Waals surface area contributed by atoms with Gasteiger partial charge in [0.2, 0.25) is 0 Å². The molecule has 0 saturated carbocycles. The van der Waals surface area contributed by atoms with Crippen molar-refractivity contribution in [3.05, 3.63) is 29.7 Å². The quantitative estimate of drug-likeness (QED) is 0.744. The standard InChI is InChI=1S/C22H32F3N5O/c1-15(2)20-12-27-21-19(10-16(13-30(20)21)22(23,24)25)28-17-4-7-29(8-5-17)14-18-11-26-6-3-9-31-18/h10,12-13,15,17-18,26,28H,3-9,11,14H2,1-2H3/t18-/m0/s1. The van der Waals surface area contributed by atoms with Gasteiger partial charge in [-0.05, 0) is 37.8 Å². The maximum Gasteiger partial charge on any atom is 0.417 e. The van der Waals surface area contributed by atoms with Crippen LogP contribution in [0.15, 0.2) is 18.5 Å². The molecule has 0 aliphatic carbocycles. The lowest BCUT2D eigenvalue weighted by Gasteiger charge is -2.34. The van der Waals surface area contributed by atoms with Crippen LogP contribution in [0.1, 0.15) is 50.3 Å². The van der Waals surface area contributed by atoms with Crippen LogP contribution in [0, 0.1) is 0 Å². The van der Waals surface area contributed by atoms with Crippen LogP contribution in [0.4, 0.5) is 18.9 Å². The van der Waals surface area contributed by atoms with Crippen molar-refractivity contribution in [3.8, 4) is 0 Å². The van der Waals surface area contributed by atoms with Gasteiger partial charge in [-0.3, -0.25) is 0 Å². The van der Waals surface area contributed by atoms with Crippen LogP contribution in [-0.4, -0.2) is 65.8 Å². The van der Waals surface area contributed by atoms with Crippen LogP contribution in [0.2, 0.25) is 0 Å². The first-order chi connectivity index (χ1) is 14.8. The molecule has 2 saturated heterocycles. The van der Waals surface area contributed by atoms with Crippen LogP contribution in [0.5, 0.6) is 0 Å². The largest absolute Gasteiger partial charge is 0.417 e. The van der Waals surface area contributed by atoms with Crippen LogP contribution in [0.25, 0.3) is 5.65 Å². The molecule has 0 unspecified atom stereocenters. The Morgan fingerprint density at radius 2 is 2.06 bits per heavy atom. The Morgan fingerprint density at radius 3 is 2.77 bits per heavy atom. The number of imidazole rings is 1. The van der Waals surface area contributed by atoms with Gasteiger partial charge in [0.15, 0.2) is 5.65 Å². The van der Waals surface area contributed by atoms with Crippen molar-refractivity contribution in [1.82, 2.24) is 19.6 Å². The first kappa shape index (κ1) is 22.4. The van der Waals surface area contributed by atoms with Gasteiger partial charge in [0.1, 0.15) is 0 Å². The van der Waals surface area contributed by atoms with Crippen molar-refractivity contribution >= 4 is 11.3 Å². The molecule has 4 heterocycles. The van der Waals surface area contributed by atoms with E-state index in [-0.39, 0.29) is 18.1 Å². The molecule has 0 radical (unpaired) electrons. The predicted molar refractivity (Wildman–Crippen MR) is 115 cm³/mol. The highest BCUT2D eigenvalue weighted by molar-refractivity contribution is 5.69. The fourth-order valence-corrected chi connectivity index (χ4v) is 4.45. The zero-order valence-corrected chi connectivity index (χ0v) is 18.2. The number of alkyl halides is 3. The third-order valence-electron chi connectivity index (χ3n) is 6.19. The molecule has 4 rings (SSSR count). The molecule has 0 amide bonds. The predicted octanol–water partition coefficient (Wildman–Crippen LogP) is 3.73. The highest BCUT2D eigenvalue weighted by Crippen LogP contribution is 2.34. The Balaban J connectivity index is 1.45. The van der Waals surface area contributed by atoms with Crippen LogP contribution >= 0.6 is 0 Å². The number of hydrogen-bond donors (Lipinski definition) is 2. The van der Waals surface area contributed by atoms with Gasteiger partial charge in [-0.2, -0.15) is 13.2 Å². The Morgan fingerprint density at radius 1 is 1.29 bits per heavy atom. The van der Waals surface area contributed by atoms with E-state index in [4.69, 9.17) is 4.74 Å². The normalized spacial score (nSPS) is 22.2. The fraction of sp³-hybridized carbons (Fsp3) is 0.682. The van der Waals surface area contributed by atoms with Crippen molar-refractivity contribution in [2.45, 2.75) is 57.3 Å². The number of fused-ring (bicyclic) bond motifs is 1. The molecule has 2 aliphatic heterocycles. The second-order valence-corrected chi connectivity index (χ2v) is 8.94. The average molecular weight is 440 g/mol. The monoisotopic (exact) mass is 439 g/mol. The highest BCUT2D eigenvalue weighted by Gasteiger charge is 2.33. The summed E-state index contributed by atoms with van der Waals surface area (Å²) >= 11 is 0. The Kier molecular flexibility index (Phi) is 6.74. The number of nitrogens with zero attached hydrogens (tertiary/aromatic N) is 3. The van der Waals surface area contributed by atoms with Crippen molar-refractivity contribution < 1.29 is 17.9 Å². The van der Waals surface area contributed by atoms with Gasteiger partial charge in [0.05, 0.1) is 17.4 Å². The number of anilines is 1. The molecular weight excluding hydrogens is 407 g/mol. The van der Waals surface area contributed by atoms with E-state index in [2.05, 4.69) is 20.5 Å². The van der Waals surface area contributed by atoms with Crippen molar-refractivity contribution in [2.75, 3.05) is 44.6 Å². The maximum atomic E-state index is 13.5. The first-order valence-electron chi connectivity index (χ1n) is 11.2. The number of rotatable bonds is 5. The molecule has 2 fully saturated rings. The van der Waals surface area contributed by atoms with Crippen molar-refractivity contribution in [1.29, 1.82) is 0 Å². The Bertz CT molecular complexity index is 866. The van der Waals surface area contributed by atoms with E-state index in [0.29, 0.717) is 11.3 Å². The molecule has 1 atom stereocenters. The summed E-state index contributed by atoms with van der Waals surface area (Å²) in [6.45, 7) is 9.28. The van der Waals surface area contributed by atoms with E-state index in [9.17, 15) is 13.2 Å². The molecule has 9 heteroatoms. The van der Waals surface area contributed by atoms with Crippen LogP contribution in [-0.2, 0) is 10.9 Å². The molecule has 2 N–H and O–H groups in total. The third-order valence-corrected chi connectivity index (χ3v) is 6.19. The summed E-state index contributed by atoms with van der Waals surface area (Å²) in [6, 6.07) is 1.32. The van der Waals surface area contributed by atoms with Gasteiger partial charge in [0, 0.05) is 56.9 Å². The molecule has 0 spiro atoms. The highest BCUT2D eigenvalue weighted by atomic mass is 19.4. The topological polar surface area (TPSA) is 53.8 Å². The number of likely N-dealkylation sites (tertiary alicyclic amines) is 1. The minimum Gasteiger partial charge on any atom is -0.379 e. The van der Waals surface area contributed by atoms with Gasteiger partial charge in [-0.15, -0.1) is 0 Å². The minimum absolute atomic E-state index is 0.0790. The Labute approximate surface area is 181 Å². The maximum absolute atomic E-state index is 13.5. The summed E-state index contributed by atoms with van der Waals surface area (Å²) in [5.74, 6) is 0.0790. The number of hydrogen-bond acceptors (Lipinski definition) is 5. The summed E-state index contributed by atoms with van der Waals surface area (Å²) in [7, 11) is 0. The van der Waals surface area contributed by atoms with E-state index in [1.807, 2.05) is 13.8 Å². The van der Waals surface area contributed by atoms with Crippen LogP contribution in [0.3, 0.4) is 0 Å². The van der Waals surface area contributed by atoms with Crippen molar-refractivity contribution in [3.63, 3.8) is 0 Å². The zero-order chi connectivity index (χ0) is 22.0.